The van der Waals surface area contributed by atoms with Crippen molar-refractivity contribution in [3.8, 4) is 0 Å². The molecule has 2 heterocycles. The average Bonchev–Trinajstić information content (AvgIpc) is 3.46. The van der Waals surface area contributed by atoms with Crippen LogP contribution in [0.25, 0.3) is 0 Å². The van der Waals surface area contributed by atoms with Crippen LogP contribution in [0.2, 0.25) is 0 Å². The van der Waals surface area contributed by atoms with Crippen LogP contribution in [0.3, 0.4) is 0 Å². The van der Waals surface area contributed by atoms with E-state index >= 15 is 0 Å². The number of nitro groups is 1. The lowest BCUT2D eigenvalue weighted by atomic mass is 10.2. The molecule has 0 spiro atoms. The van der Waals surface area contributed by atoms with Crippen molar-refractivity contribution in [3.63, 3.8) is 0 Å². The second-order valence-electron chi connectivity index (χ2n) is 6.39. The first-order valence-corrected chi connectivity index (χ1v) is 8.53. The Hall–Kier alpha value is -2.90. The predicted molar refractivity (Wildman–Crippen MR) is 96.2 cm³/mol. The zero-order valence-corrected chi connectivity index (χ0v) is 13.8. The van der Waals surface area contributed by atoms with E-state index in [0.717, 1.165) is 39.0 Å². The van der Waals surface area contributed by atoms with Gasteiger partial charge in [0, 0.05) is 37.9 Å². The average molecular weight is 340 g/mol. The van der Waals surface area contributed by atoms with Crippen LogP contribution >= 0.6 is 0 Å². The van der Waals surface area contributed by atoms with Gasteiger partial charge in [0.2, 0.25) is 11.8 Å². The number of piperazine rings is 1. The predicted octanol–water partition coefficient (Wildman–Crippen LogP) is 2.29. The summed E-state index contributed by atoms with van der Waals surface area (Å²) in [6.45, 7) is 3.32. The second kappa shape index (κ2) is 6.54. The minimum atomic E-state index is -0.429. The van der Waals surface area contributed by atoms with E-state index in [-0.39, 0.29) is 5.69 Å². The Labute approximate surface area is 145 Å². The SMILES string of the molecule is O=[N+]([O-])c1cnc(N2CCN(c3ccccc3)CC2)nc1NC1CC1. The summed E-state index contributed by atoms with van der Waals surface area (Å²) in [6.07, 6.45) is 3.38. The fourth-order valence-electron chi connectivity index (χ4n) is 2.98. The Morgan fingerprint density at radius 2 is 1.76 bits per heavy atom. The van der Waals surface area contributed by atoms with E-state index in [2.05, 4.69) is 37.2 Å². The molecule has 1 aromatic carbocycles. The van der Waals surface area contributed by atoms with E-state index < -0.39 is 4.92 Å². The van der Waals surface area contributed by atoms with Gasteiger partial charge in [0.25, 0.3) is 0 Å². The number of nitrogens with zero attached hydrogens (tertiary/aromatic N) is 5. The van der Waals surface area contributed by atoms with Crippen molar-refractivity contribution in [2.24, 2.45) is 0 Å². The lowest BCUT2D eigenvalue weighted by Crippen LogP contribution is -2.47. The van der Waals surface area contributed by atoms with Gasteiger partial charge in [-0.05, 0) is 25.0 Å². The first-order valence-electron chi connectivity index (χ1n) is 8.53. The first-order chi connectivity index (χ1) is 12.2. The molecule has 130 valence electrons. The van der Waals surface area contributed by atoms with Crippen LogP contribution in [0.5, 0.6) is 0 Å². The van der Waals surface area contributed by atoms with Crippen molar-refractivity contribution in [1.82, 2.24) is 9.97 Å². The van der Waals surface area contributed by atoms with Crippen LogP contribution in [0.4, 0.5) is 23.1 Å². The first kappa shape index (κ1) is 15.6. The summed E-state index contributed by atoms with van der Waals surface area (Å²) in [5, 5.41) is 14.3. The molecule has 8 nitrogen and oxygen atoms in total. The van der Waals surface area contributed by atoms with Crippen molar-refractivity contribution >= 4 is 23.1 Å². The monoisotopic (exact) mass is 340 g/mol. The lowest BCUT2D eigenvalue weighted by molar-refractivity contribution is -0.384. The van der Waals surface area contributed by atoms with Gasteiger partial charge in [0.05, 0.1) is 4.92 Å². The van der Waals surface area contributed by atoms with Gasteiger partial charge >= 0.3 is 5.69 Å². The molecule has 8 heteroatoms. The molecule has 0 unspecified atom stereocenters. The zero-order valence-electron chi connectivity index (χ0n) is 13.8. The van der Waals surface area contributed by atoms with E-state index in [9.17, 15) is 10.1 Å². The molecule has 1 aliphatic heterocycles. The van der Waals surface area contributed by atoms with Gasteiger partial charge in [0.1, 0.15) is 6.20 Å². The Morgan fingerprint density at radius 3 is 2.40 bits per heavy atom. The third-order valence-corrected chi connectivity index (χ3v) is 4.56. The molecule has 1 saturated heterocycles. The van der Waals surface area contributed by atoms with Crippen molar-refractivity contribution < 1.29 is 4.92 Å². The van der Waals surface area contributed by atoms with E-state index in [1.165, 1.54) is 11.9 Å². The van der Waals surface area contributed by atoms with E-state index in [1.54, 1.807) is 0 Å². The molecule has 0 bridgehead atoms. The van der Waals surface area contributed by atoms with Crippen molar-refractivity contribution in [3.05, 3.63) is 46.6 Å². The highest BCUT2D eigenvalue weighted by atomic mass is 16.6. The molecule has 1 saturated carbocycles. The van der Waals surface area contributed by atoms with E-state index in [0.29, 0.717) is 17.8 Å². The van der Waals surface area contributed by atoms with Crippen molar-refractivity contribution in [2.45, 2.75) is 18.9 Å². The molecule has 2 aromatic rings. The molecular weight excluding hydrogens is 320 g/mol. The molecule has 2 fully saturated rings. The number of aromatic nitrogens is 2. The highest BCUT2D eigenvalue weighted by Crippen LogP contribution is 2.30. The van der Waals surface area contributed by atoms with E-state index in [4.69, 9.17) is 0 Å². The summed E-state index contributed by atoms with van der Waals surface area (Å²) in [4.78, 5) is 23.8. The largest absolute Gasteiger partial charge is 0.368 e. The standard InChI is InChI=1S/C17H20N6O2/c24-23(25)15-12-18-17(20-16(15)19-13-6-7-13)22-10-8-21(9-11-22)14-4-2-1-3-5-14/h1-5,12-13H,6-11H2,(H,18,19,20). The van der Waals surface area contributed by atoms with E-state index in [1.807, 2.05) is 18.2 Å². The number of nitrogens with one attached hydrogen (secondary N) is 1. The molecule has 0 amide bonds. The van der Waals surface area contributed by atoms with Gasteiger partial charge in [-0.15, -0.1) is 0 Å². The van der Waals surface area contributed by atoms with Crippen molar-refractivity contribution in [2.75, 3.05) is 41.3 Å². The fourth-order valence-corrected chi connectivity index (χ4v) is 2.98. The Morgan fingerprint density at radius 1 is 1.08 bits per heavy atom. The normalized spacial score (nSPS) is 17.4. The molecular formula is C17H20N6O2. The quantitative estimate of drug-likeness (QED) is 0.660. The number of hydrogen-bond donors (Lipinski definition) is 1. The van der Waals surface area contributed by atoms with Gasteiger partial charge < -0.3 is 15.1 Å². The van der Waals surface area contributed by atoms with Crippen LogP contribution in [-0.2, 0) is 0 Å². The van der Waals surface area contributed by atoms with Crippen LogP contribution in [0.1, 0.15) is 12.8 Å². The number of hydrogen-bond acceptors (Lipinski definition) is 7. The zero-order chi connectivity index (χ0) is 17.2. The van der Waals surface area contributed by atoms with Crippen LogP contribution < -0.4 is 15.1 Å². The summed E-state index contributed by atoms with van der Waals surface area (Å²) in [5.41, 5.74) is 1.15. The smallest absolute Gasteiger partial charge is 0.329 e. The Balaban J connectivity index is 1.48. The third-order valence-electron chi connectivity index (χ3n) is 4.56. The number of anilines is 3. The fraction of sp³-hybridized carbons (Fsp3) is 0.412. The molecule has 4 rings (SSSR count). The highest BCUT2D eigenvalue weighted by molar-refractivity contribution is 5.59. The summed E-state index contributed by atoms with van der Waals surface area (Å²) >= 11 is 0. The molecule has 25 heavy (non-hydrogen) atoms. The molecule has 1 N–H and O–H groups in total. The number of para-hydroxylation sites is 1. The van der Waals surface area contributed by atoms with Crippen LogP contribution in [0, 0.1) is 10.1 Å². The summed E-state index contributed by atoms with van der Waals surface area (Å²) in [6, 6.07) is 10.6. The number of rotatable bonds is 5. The molecule has 1 aliphatic carbocycles. The van der Waals surface area contributed by atoms with Gasteiger partial charge in [-0.25, -0.2) is 4.98 Å². The van der Waals surface area contributed by atoms with Crippen molar-refractivity contribution in [1.29, 1.82) is 0 Å². The minimum absolute atomic E-state index is 0.0569. The Bertz CT molecular complexity index is 757. The van der Waals surface area contributed by atoms with Gasteiger partial charge in [-0.3, -0.25) is 10.1 Å². The summed E-state index contributed by atoms with van der Waals surface area (Å²) < 4.78 is 0. The van der Waals surface area contributed by atoms with Gasteiger partial charge in [-0.1, -0.05) is 18.2 Å². The lowest BCUT2D eigenvalue weighted by Gasteiger charge is -2.36. The van der Waals surface area contributed by atoms with Gasteiger partial charge in [0.15, 0.2) is 0 Å². The summed E-state index contributed by atoms with van der Waals surface area (Å²) in [5.74, 6) is 0.893. The molecule has 2 aliphatic rings. The summed E-state index contributed by atoms with van der Waals surface area (Å²) in [7, 11) is 0. The van der Waals surface area contributed by atoms with Crippen LogP contribution in [-0.4, -0.2) is 47.1 Å². The Kier molecular flexibility index (Phi) is 4.09. The van der Waals surface area contributed by atoms with Crippen LogP contribution in [0.15, 0.2) is 36.5 Å². The minimum Gasteiger partial charge on any atom is -0.368 e. The molecule has 0 radical (unpaired) electrons. The second-order valence-corrected chi connectivity index (χ2v) is 6.39. The molecule has 0 atom stereocenters. The topological polar surface area (TPSA) is 87.4 Å². The maximum absolute atomic E-state index is 11.2. The highest BCUT2D eigenvalue weighted by Gasteiger charge is 2.28. The molecule has 1 aromatic heterocycles. The third kappa shape index (κ3) is 3.47. The maximum atomic E-state index is 11.2. The maximum Gasteiger partial charge on any atom is 0.329 e. The van der Waals surface area contributed by atoms with Gasteiger partial charge in [-0.2, -0.15) is 4.98 Å². The number of benzene rings is 1.